The molecule has 134 valence electrons. The number of rotatable bonds is 6. The van der Waals surface area contributed by atoms with Crippen LogP contribution in [-0.4, -0.2) is 58.0 Å². The van der Waals surface area contributed by atoms with Gasteiger partial charge in [-0.15, -0.1) is 0 Å². The molecule has 2 aromatic rings. The maximum absolute atomic E-state index is 12.4. The topological polar surface area (TPSA) is 84.3 Å². The zero-order chi connectivity index (χ0) is 17.5. The van der Waals surface area contributed by atoms with Crippen molar-refractivity contribution in [2.24, 2.45) is 0 Å². The smallest absolute Gasteiger partial charge is 0.317 e. The number of carbonyl (C=O) groups is 1. The molecule has 1 fully saturated rings. The van der Waals surface area contributed by atoms with Crippen molar-refractivity contribution in [3.05, 3.63) is 42.4 Å². The lowest BCUT2D eigenvalue weighted by atomic mass is 10.2. The molecule has 1 atom stereocenters. The van der Waals surface area contributed by atoms with Crippen LogP contribution in [0.4, 0.5) is 10.6 Å². The molecule has 0 saturated carbocycles. The van der Waals surface area contributed by atoms with Crippen LogP contribution in [0, 0.1) is 0 Å². The zero-order valence-electron chi connectivity index (χ0n) is 14.4. The standard InChI is InChI=1S/C17H24N6O2/c1-2-18-16-10-14(4-6-19-16)11-20-17(24)22-8-9-25-15(12-22)13-23-7-3-5-21-23/h3-7,10,15H,2,8-9,11-13H2,1H3,(H,18,19)(H,20,24). The number of morpholine rings is 1. The van der Waals surface area contributed by atoms with Crippen molar-refractivity contribution in [2.45, 2.75) is 26.1 Å². The Morgan fingerprint density at radius 1 is 1.44 bits per heavy atom. The summed E-state index contributed by atoms with van der Waals surface area (Å²) in [7, 11) is 0. The molecule has 1 unspecified atom stereocenters. The summed E-state index contributed by atoms with van der Waals surface area (Å²) < 4.78 is 7.56. The highest BCUT2D eigenvalue weighted by Crippen LogP contribution is 2.09. The number of nitrogens with one attached hydrogen (secondary N) is 2. The van der Waals surface area contributed by atoms with E-state index in [-0.39, 0.29) is 12.1 Å². The second-order valence-electron chi connectivity index (χ2n) is 5.91. The molecular weight excluding hydrogens is 320 g/mol. The van der Waals surface area contributed by atoms with Gasteiger partial charge in [-0.25, -0.2) is 9.78 Å². The summed E-state index contributed by atoms with van der Waals surface area (Å²) in [5, 5.41) is 10.3. The van der Waals surface area contributed by atoms with E-state index in [2.05, 4.69) is 20.7 Å². The van der Waals surface area contributed by atoms with Gasteiger partial charge in [-0.2, -0.15) is 5.10 Å². The third-order valence-electron chi connectivity index (χ3n) is 4.00. The van der Waals surface area contributed by atoms with Gasteiger partial charge in [-0.3, -0.25) is 4.68 Å². The minimum atomic E-state index is -0.0735. The van der Waals surface area contributed by atoms with Gasteiger partial charge in [0, 0.05) is 38.2 Å². The first-order chi connectivity index (χ1) is 12.2. The van der Waals surface area contributed by atoms with Gasteiger partial charge in [0.1, 0.15) is 5.82 Å². The maximum Gasteiger partial charge on any atom is 0.317 e. The summed E-state index contributed by atoms with van der Waals surface area (Å²) in [4.78, 5) is 18.5. The molecule has 2 amide bonds. The minimum absolute atomic E-state index is 0.0410. The summed E-state index contributed by atoms with van der Waals surface area (Å²) >= 11 is 0. The first kappa shape index (κ1) is 17.2. The quantitative estimate of drug-likeness (QED) is 0.826. The summed E-state index contributed by atoms with van der Waals surface area (Å²) in [6.45, 7) is 5.65. The second-order valence-corrected chi connectivity index (χ2v) is 5.91. The monoisotopic (exact) mass is 344 g/mol. The van der Waals surface area contributed by atoms with Gasteiger partial charge in [0.15, 0.2) is 0 Å². The van der Waals surface area contributed by atoms with E-state index in [1.807, 2.05) is 36.0 Å². The highest BCUT2D eigenvalue weighted by atomic mass is 16.5. The van der Waals surface area contributed by atoms with Gasteiger partial charge >= 0.3 is 6.03 Å². The van der Waals surface area contributed by atoms with Crippen molar-refractivity contribution < 1.29 is 9.53 Å². The van der Waals surface area contributed by atoms with E-state index in [1.54, 1.807) is 17.3 Å². The normalized spacial score (nSPS) is 17.3. The van der Waals surface area contributed by atoms with Gasteiger partial charge in [0.25, 0.3) is 0 Å². The van der Waals surface area contributed by atoms with Crippen molar-refractivity contribution >= 4 is 11.8 Å². The molecule has 8 nitrogen and oxygen atoms in total. The van der Waals surface area contributed by atoms with Crippen LogP contribution in [0.1, 0.15) is 12.5 Å². The molecule has 3 heterocycles. The highest BCUT2D eigenvalue weighted by Gasteiger charge is 2.24. The summed E-state index contributed by atoms with van der Waals surface area (Å²) in [6.07, 6.45) is 5.34. The Balaban J connectivity index is 1.49. The molecule has 25 heavy (non-hydrogen) atoms. The summed E-state index contributed by atoms with van der Waals surface area (Å²) in [5.74, 6) is 0.819. The molecule has 1 aliphatic heterocycles. The number of nitrogens with zero attached hydrogens (tertiary/aromatic N) is 4. The molecular formula is C17H24N6O2. The lowest BCUT2D eigenvalue weighted by Crippen LogP contribution is -2.50. The Bertz CT molecular complexity index is 676. The fourth-order valence-electron chi connectivity index (χ4n) is 2.78. The number of carbonyl (C=O) groups excluding carboxylic acids is 1. The van der Waals surface area contributed by atoms with Gasteiger partial charge in [-0.05, 0) is 30.7 Å². The molecule has 3 rings (SSSR count). The predicted molar refractivity (Wildman–Crippen MR) is 94.2 cm³/mol. The number of pyridine rings is 1. The van der Waals surface area contributed by atoms with E-state index in [0.29, 0.717) is 32.8 Å². The third kappa shape index (κ3) is 4.93. The molecule has 0 bridgehead atoms. The number of hydrogen-bond acceptors (Lipinski definition) is 5. The number of urea groups is 1. The van der Waals surface area contributed by atoms with Crippen LogP contribution in [0.25, 0.3) is 0 Å². The van der Waals surface area contributed by atoms with Crippen LogP contribution >= 0.6 is 0 Å². The first-order valence-corrected chi connectivity index (χ1v) is 8.55. The number of anilines is 1. The minimum Gasteiger partial charge on any atom is -0.373 e. The van der Waals surface area contributed by atoms with Gasteiger partial charge < -0.3 is 20.3 Å². The SMILES string of the molecule is CCNc1cc(CNC(=O)N2CCOC(Cn3cccn3)C2)ccn1. The predicted octanol–water partition coefficient (Wildman–Crippen LogP) is 1.32. The van der Waals surface area contributed by atoms with Crippen LogP contribution < -0.4 is 10.6 Å². The first-order valence-electron chi connectivity index (χ1n) is 8.55. The molecule has 0 radical (unpaired) electrons. The largest absolute Gasteiger partial charge is 0.373 e. The highest BCUT2D eigenvalue weighted by molar-refractivity contribution is 5.74. The van der Waals surface area contributed by atoms with Crippen LogP contribution in [0.3, 0.4) is 0 Å². The maximum atomic E-state index is 12.4. The number of hydrogen-bond donors (Lipinski definition) is 2. The third-order valence-corrected chi connectivity index (χ3v) is 4.00. The summed E-state index contributed by atoms with van der Waals surface area (Å²) in [5.41, 5.74) is 1.01. The van der Waals surface area contributed by atoms with Crippen LogP contribution in [0.5, 0.6) is 0 Å². The molecule has 1 aliphatic rings. The van der Waals surface area contributed by atoms with Crippen molar-refractivity contribution in [1.82, 2.24) is 25.0 Å². The van der Waals surface area contributed by atoms with Crippen molar-refractivity contribution in [1.29, 1.82) is 0 Å². The van der Waals surface area contributed by atoms with Gasteiger partial charge in [0.2, 0.25) is 0 Å². The Morgan fingerprint density at radius 2 is 2.36 bits per heavy atom. The Morgan fingerprint density at radius 3 is 3.16 bits per heavy atom. The number of amides is 2. The van der Waals surface area contributed by atoms with Crippen LogP contribution in [0.2, 0.25) is 0 Å². The van der Waals surface area contributed by atoms with Crippen molar-refractivity contribution in [3.63, 3.8) is 0 Å². The molecule has 0 aliphatic carbocycles. The number of ether oxygens (including phenoxy) is 1. The molecule has 0 spiro atoms. The lowest BCUT2D eigenvalue weighted by Gasteiger charge is -2.33. The van der Waals surface area contributed by atoms with E-state index < -0.39 is 0 Å². The van der Waals surface area contributed by atoms with Crippen LogP contribution in [0.15, 0.2) is 36.8 Å². The van der Waals surface area contributed by atoms with Crippen LogP contribution in [-0.2, 0) is 17.8 Å². The Labute approximate surface area is 147 Å². The molecule has 8 heteroatoms. The van der Waals surface area contributed by atoms with E-state index in [9.17, 15) is 4.79 Å². The lowest BCUT2D eigenvalue weighted by molar-refractivity contribution is -0.0237. The van der Waals surface area contributed by atoms with E-state index in [1.165, 1.54) is 0 Å². The zero-order valence-corrected chi connectivity index (χ0v) is 14.4. The fourth-order valence-corrected chi connectivity index (χ4v) is 2.78. The Kier molecular flexibility index (Phi) is 5.84. The average Bonchev–Trinajstić information content (AvgIpc) is 3.13. The van der Waals surface area contributed by atoms with E-state index in [0.717, 1.165) is 17.9 Å². The molecule has 1 saturated heterocycles. The average molecular weight is 344 g/mol. The molecule has 2 N–H and O–H groups in total. The number of aromatic nitrogens is 3. The van der Waals surface area contributed by atoms with Crippen molar-refractivity contribution in [2.75, 3.05) is 31.6 Å². The molecule has 0 aromatic carbocycles. The van der Waals surface area contributed by atoms with Crippen molar-refractivity contribution in [3.8, 4) is 0 Å². The van der Waals surface area contributed by atoms with Gasteiger partial charge in [-0.1, -0.05) is 0 Å². The second kappa shape index (κ2) is 8.48. The molecule has 2 aromatic heterocycles. The Hall–Kier alpha value is -2.61. The van der Waals surface area contributed by atoms with Gasteiger partial charge in [0.05, 0.1) is 25.8 Å². The fraction of sp³-hybridized carbons (Fsp3) is 0.471. The van der Waals surface area contributed by atoms with E-state index in [4.69, 9.17) is 4.74 Å². The van der Waals surface area contributed by atoms with E-state index >= 15 is 0 Å². The summed E-state index contributed by atoms with van der Waals surface area (Å²) in [6, 6.07) is 5.66.